The molecule has 0 atom stereocenters. The van der Waals surface area contributed by atoms with Crippen molar-refractivity contribution >= 4 is 17.7 Å². The standard InChI is InChI=1S/C27H35F3N7/c1-2-23-24(31)32-19-33-25(23)37(26(34-12-13-35-26)11-16-36-14-3-4-15-36)17-9-21(10-18-37)20-5-7-22(8-6-20)27(28,29)30/h2,5-8,12-13,19,21,34-35H,1,3-4,9-11,14-18H2,(H2,31,32,33)/q+1. The Bertz CT molecular complexity index is 1120. The van der Waals surface area contributed by atoms with Crippen molar-refractivity contribution in [1.29, 1.82) is 0 Å². The summed E-state index contributed by atoms with van der Waals surface area (Å²) in [7, 11) is 0. The lowest BCUT2D eigenvalue weighted by molar-refractivity contribution is -0.137. The van der Waals surface area contributed by atoms with E-state index in [0.29, 0.717) is 10.3 Å². The number of nitrogen functional groups attached to an aromatic ring is 1. The van der Waals surface area contributed by atoms with Gasteiger partial charge in [0.1, 0.15) is 12.1 Å². The molecule has 198 valence electrons. The van der Waals surface area contributed by atoms with E-state index in [2.05, 4.69) is 27.1 Å². The maximum atomic E-state index is 13.1. The fourth-order valence-corrected chi connectivity index (χ4v) is 6.33. The van der Waals surface area contributed by atoms with Crippen molar-refractivity contribution in [2.45, 2.75) is 50.0 Å². The zero-order valence-electron chi connectivity index (χ0n) is 21.0. The molecule has 1 aromatic carbocycles. The third-order valence-electron chi connectivity index (χ3n) is 8.38. The molecule has 0 aliphatic carbocycles. The summed E-state index contributed by atoms with van der Waals surface area (Å²) in [6.45, 7) is 8.61. The summed E-state index contributed by atoms with van der Waals surface area (Å²) in [5, 5.41) is 7.29. The Kier molecular flexibility index (Phi) is 6.89. The molecule has 2 aromatic rings. The van der Waals surface area contributed by atoms with Gasteiger partial charge in [-0.25, -0.2) is 9.47 Å². The number of hydrogen-bond donors (Lipinski definition) is 3. The van der Waals surface area contributed by atoms with Gasteiger partial charge in [-0.3, -0.25) is 0 Å². The van der Waals surface area contributed by atoms with Gasteiger partial charge in [0.25, 0.3) is 5.79 Å². The van der Waals surface area contributed by atoms with Crippen molar-refractivity contribution in [2.75, 3.05) is 38.5 Å². The van der Waals surface area contributed by atoms with E-state index in [-0.39, 0.29) is 5.92 Å². The van der Waals surface area contributed by atoms with Crippen LogP contribution in [0.5, 0.6) is 0 Å². The molecule has 4 heterocycles. The number of benzene rings is 1. The molecular weight excluding hydrogens is 479 g/mol. The third-order valence-corrected chi connectivity index (χ3v) is 8.38. The van der Waals surface area contributed by atoms with Crippen LogP contribution < -0.4 is 20.9 Å². The van der Waals surface area contributed by atoms with Gasteiger partial charge in [0.2, 0.25) is 5.82 Å². The van der Waals surface area contributed by atoms with Gasteiger partial charge in [-0.1, -0.05) is 24.8 Å². The topological polar surface area (TPSA) is 79.1 Å². The van der Waals surface area contributed by atoms with E-state index in [0.717, 1.165) is 68.9 Å². The first-order valence-corrected chi connectivity index (χ1v) is 13.0. The number of alkyl halides is 3. The average molecular weight is 515 g/mol. The Morgan fingerprint density at radius 1 is 1.08 bits per heavy atom. The third kappa shape index (κ3) is 4.68. The van der Waals surface area contributed by atoms with Gasteiger partial charge in [0.05, 0.1) is 30.6 Å². The van der Waals surface area contributed by atoms with E-state index in [1.165, 1.54) is 31.3 Å². The smallest absolute Gasteiger partial charge is 0.383 e. The fraction of sp³-hybridized carbons (Fsp3) is 0.481. The van der Waals surface area contributed by atoms with Crippen molar-refractivity contribution < 1.29 is 13.2 Å². The van der Waals surface area contributed by atoms with Crippen LogP contribution in [0.3, 0.4) is 0 Å². The SMILES string of the molecule is C=Cc1c(N)ncnc1[N+]1(C2(CCN3CCCC3)NC=CN2)CCC(c2ccc(C(F)(F)F)cc2)CC1. The van der Waals surface area contributed by atoms with Gasteiger partial charge in [0.15, 0.2) is 0 Å². The van der Waals surface area contributed by atoms with E-state index in [9.17, 15) is 13.2 Å². The second kappa shape index (κ2) is 9.98. The maximum Gasteiger partial charge on any atom is 0.416 e. The van der Waals surface area contributed by atoms with Gasteiger partial charge in [-0.2, -0.15) is 18.2 Å². The first kappa shape index (κ1) is 25.5. The Morgan fingerprint density at radius 3 is 2.32 bits per heavy atom. The first-order chi connectivity index (χ1) is 17.8. The summed E-state index contributed by atoms with van der Waals surface area (Å²) in [6.07, 6.45) is 7.67. The largest absolute Gasteiger partial charge is 0.416 e. The molecule has 4 N–H and O–H groups in total. The van der Waals surface area contributed by atoms with Crippen molar-refractivity contribution in [3.05, 3.63) is 66.3 Å². The highest BCUT2D eigenvalue weighted by Crippen LogP contribution is 2.43. The number of likely N-dealkylation sites (tertiary alicyclic amines) is 2. The quantitative estimate of drug-likeness (QED) is 0.475. The van der Waals surface area contributed by atoms with Crippen LogP contribution >= 0.6 is 0 Å². The Morgan fingerprint density at radius 2 is 1.73 bits per heavy atom. The van der Waals surface area contributed by atoms with E-state index in [4.69, 9.17) is 10.7 Å². The fourth-order valence-electron chi connectivity index (χ4n) is 6.33. The van der Waals surface area contributed by atoms with Crippen molar-refractivity contribution in [3.63, 3.8) is 0 Å². The molecule has 0 radical (unpaired) electrons. The van der Waals surface area contributed by atoms with Crippen LogP contribution in [-0.2, 0) is 6.18 Å². The number of nitrogens with two attached hydrogens (primary N) is 1. The molecular formula is C27H35F3N7+. The number of anilines is 1. The summed E-state index contributed by atoms with van der Waals surface area (Å²) < 4.78 is 39.8. The minimum absolute atomic E-state index is 0.157. The first-order valence-electron chi connectivity index (χ1n) is 13.0. The molecule has 7 nitrogen and oxygen atoms in total. The molecule has 1 aromatic heterocycles. The zero-order chi connectivity index (χ0) is 26.1. The van der Waals surface area contributed by atoms with Gasteiger partial charge < -0.3 is 21.3 Å². The van der Waals surface area contributed by atoms with Crippen molar-refractivity contribution in [3.8, 4) is 0 Å². The van der Waals surface area contributed by atoms with Crippen LogP contribution in [0.15, 0.2) is 49.6 Å². The lowest BCUT2D eigenvalue weighted by atomic mass is 9.86. The summed E-state index contributed by atoms with van der Waals surface area (Å²) >= 11 is 0. The minimum atomic E-state index is -4.33. The number of nitrogens with zero attached hydrogens (tertiary/aromatic N) is 4. The van der Waals surface area contributed by atoms with Crippen molar-refractivity contribution in [1.82, 2.24) is 30.0 Å². The Labute approximate surface area is 215 Å². The summed E-state index contributed by atoms with van der Waals surface area (Å²) in [4.78, 5) is 11.5. The van der Waals surface area contributed by atoms with Crippen LogP contribution in [-0.4, -0.2) is 53.4 Å². The highest BCUT2D eigenvalue weighted by Gasteiger charge is 2.57. The number of hydrogen-bond acceptors (Lipinski definition) is 6. The second-order valence-corrected chi connectivity index (χ2v) is 10.3. The molecule has 2 saturated heterocycles. The summed E-state index contributed by atoms with van der Waals surface area (Å²) in [5.74, 6) is 0.832. The number of quaternary nitrogens is 1. The van der Waals surface area contributed by atoms with E-state index in [1.54, 1.807) is 18.2 Å². The molecule has 10 heteroatoms. The Balaban J connectivity index is 1.48. The molecule has 0 amide bonds. The van der Waals surface area contributed by atoms with Crippen LogP contribution in [0.2, 0.25) is 0 Å². The van der Waals surface area contributed by atoms with E-state index < -0.39 is 17.5 Å². The molecule has 2 fully saturated rings. The maximum absolute atomic E-state index is 13.1. The van der Waals surface area contributed by atoms with Crippen LogP contribution in [0.1, 0.15) is 54.7 Å². The highest BCUT2D eigenvalue weighted by atomic mass is 19.4. The number of rotatable bonds is 7. The predicted octanol–water partition coefficient (Wildman–Crippen LogP) is 4.41. The lowest BCUT2D eigenvalue weighted by Crippen LogP contribution is -2.77. The summed E-state index contributed by atoms with van der Waals surface area (Å²) in [5.41, 5.74) is 7.34. The average Bonchev–Trinajstić information content (AvgIpc) is 3.60. The predicted molar refractivity (Wildman–Crippen MR) is 140 cm³/mol. The summed E-state index contributed by atoms with van der Waals surface area (Å²) in [6, 6.07) is 5.63. The molecule has 0 spiro atoms. The van der Waals surface area contributed by atoms with Gasteiger partial charge >= 0.3 is 6.18 Å². The monoisotopic (exact) mass is 514 g/mol. The van der Waals surface area contributed by atoms with Gasteiger partial charge in [0, 0.05) is 31.8 Å². The molecule has 37 heavy (non-hydrogen) atoms. The molecule has 0 unspecified atom stereocenters. The Hall–Kier alpha value is -3.11. The lowest BCUT2D eigenvalue weighted by Gasteiger charge is -2.53. The van der Waals surface area contributed by atoms with E-state index in [1.807, 2.05) is 12.4 Å². The van der Waals surface area contributed by atoms with Crippen LogP contribution in [0.25, 0.3) is 6.08 Å². The second-order valence-electron chi connectivity index (χ2n) is 10.3. The van der Waals surface area contributed by atoms with Gasteiger partial charge in [-0.15, -0.1) is 0 Å². The van der Waals surface area contributed by atoms with Gasteiger partial charge in [-0.05, 0) is 49.5 Å². The number of piperidine rings is 1. The molecule has 0 bridgehead atoms. The number of aromatic nitrogens is 2. The number of nitrogens with one attached hydrogen (secondary N) is 2. The zero-order valence-corrected chi connectivity index (χ0v) is 21.0. The molecule has 5 rings (SSSR count). The normalized spacial score (nSPS) is 25.5. The van der Waals surface area contributed by atoms with E-state index >= 15 is 0 Å². The number of halogens is 3. The highest BCUT2D eigenvalue weighted by molar-refractivity contribution is 5.70. The van der Waals surface area contributed by atoms with Crippen molar-refractivity contribution in [2.24, 2.45) is 0 Å². The molecule has 3 aliphatic heterocycles. The molecule has 0 saturated carbocycles. The van der Waals surface area contributed by atoms with Crippen LogP contribution in [0.4, 0.5) is 24.8 Å². The molecule has 3 aliphatic rings. The van der Waals surface area contributed by atoms with Crippen LogP contribution in [0, 0.1) is 0 Å². The minimum Gasteiger partial charge on any atom is -0.383 e.